The van der Waals surface area contributed by atoms with Crippen LogP contribution < -0.4 is 0 Å². The molecule has 1 N–H and O–H groups in total. The fraction of sp³-hybridized carbons (Fsp3) is 0.526. The van der Waals surface area contributed by atoms with Crippen LogP contribution >= 0.6 is 0 Å². The molecule has 0 aliphatic carbocycles. The van der Waals surface area contributed by atoms with E-state index in [0.29, 0.717) is 12.1 Å². The van der Waals surface area contributed by atoms with E-state index < -0.39 is 0 Å². The third-order valence-corrected chi connectivity index (χ3v) is 5.59. The highest BCUT2D eigenvalue weighted by molar-refractivity contribution is 5.98. The highest BCUT2D eigenvalue weighted by Gasteiger charge is 2.38. The number of hydrogen-bond donors (Lipinski definition) is 1. The summed E-state index contributed by atoms with van der Waals surface area (Å²) < 4.78 is 0. The summed E-state index contributed by atoms with van der Waals surface area (Å²) in [5.74, 6) is 0.168. The summed E-state index contributed by atoms with van der Waals surface area (Å²) in [5, 5.41) is 1.12. The van der Waals surface area contributed by atoms with Gasteiger partial charge in [0.2, 0.25) is 0 Å². The average Bonchev–Trinajstić information content (AvgIpc) is 3.23. The lowest BCUT2D eigenvalue weighted by Crippen LogP contribution is -2.47. The van der Waals surface area contributed by atoms with Gasteiger partial charge in [-0.2, -0.15) is 0 Å². The van der Waals surface area contributed by atoms with Gasteiger partial charge in [-0.15, -0.1) is 0 Å². The van der Waals surface area contributed by atoms with E-state index in [4.69, 9.17) is 0 Å². The zero-order valence-electron chi connectivity index (χ0n) is 14.0. The molecule has 1 amide bonds. The Morgan fingerprint density at radius 2 is 1.91 bits per heavy atom. The third-order valence-electron chi connectivity index (χ3n) is 5.59. The first-order chi connectivity index (χ1) is 11.1. The van der Waals surface area contributed by atoms with Crippen molar-refractivity contribution in [2.75, 3.05) is 20.1 Å². The third kappa shape index (κ3) is 2.55. The summed E-state index contributed by atoms with van der Waals surface area (Å²) in [7, 11) is 2.20. The topological polar surface area (TPSA) is 39.3 Å². The van der Waals surface area contributed by atoms with Crippen molar-refractivity contribution in [1.82, 2.24) is 14.8 Å². The quantitative estimate of drug-likeness (QED) is 0.925. The number of carbonyl (C=O) groups is 1. The van der Waals surface area contributed by atoms with Gasteiger partial charge in [-0.05, 0) is 63.9 Å². The van der Waals surface area contributed by atoms with E-state index in [1.165, 1.54) is 18.4 Å². The molecule has 0 unspecified atom stereocenters. The molecule has 2 aliphatic heterocycles. The van der Waals surface area contributed by atoms with Crippen molar-refractivity contribution < 1.29 is 4.79 Å². The Bertz CT molecular complexity index is 735. The Labute approximate surface area is 137 Å². The first-order valence-electron chi connectivity index (χ1n) is 8.74. The van der Waals surface area contributed by atoms with Gasteiger partial charge in [0.25, 0.3) is 5.91 Å². The van der Waals surface area contributed by atoms with Crippen molar-refractivity contribution in [3.63, 3.8) is 0 Å². The Morgan fingerprint density at radius 3 is 2.70 bits per heavy atom. The number of aromatic nitrogens is 1. The van der Waals surface area contributed by atoms with Crippen molar-refractivity contribution in [3.05, 3.63) is 35.5 Å². The van der Waals surface area contributed by atoms with Gasteiger partial charge in [-0.3, -0.25) is 4.79 Å². The van der Waals surface area contributed by atoms with Gasteiger partial charge in [0, 0.05) is 29.5 Å². The van der Waals surface area contributed by atoms with E-state index in [0.717, 1.165) is 42.5 Å². The number of nitrogens with zero attached hydrogens (tertiary/aromatic N) is 2. The summed E-state index contributed by atoms with van der Waals surface area (Å²) in [6.07, 6.45) is 4.74. The van der Waals surface area contributed by atoms with Gasteiger partial charge < -0.3 is 14.8 Å². The van der Waals surface area contributed by atoms with Crippen LogP contribution in [-0.4, -0.2) is 52.9 Å². The molecule has 0 radical (unpaired) electrons. The number of rotatable bonds is 2. The van der Waals surface area contributed by atoms with Crippen LogP contribution in [0.4, 0.5) is 0 Å². The second-order valence-electron chi connectivity index (χ2n) is 7.17. The predicted molar refractivity (Wildman–Crippen MR) is 92.7 cm³/mol. The van der Waals surface area contributed by atoms with Gasteiger partial charge in [0.15, 0.2) is 0 Å². The lowest BCUT2D eigenvalue weighted by Gasteiger charge is -2.33. The maximum Gasteiger partial charge on any atom is 0.270 e. The van der Waals surface area contributed by atoms with Gasteiger partial charge >= 0.3 is 0 Å². The summed E-state index contributed by atoms with van der Waals surface area (Å²) in [6, 6.07) is 9.21. The number of fused-ring (bicyclic) bond motifs is 1. The molecule has 4 nitrogen and oxygen atoms in total. The minimum absolute atomic E-state index is 0.168. The standard InChI is InChI=1S/C19H25N3O/c1-13-7-8-14-12-16(20-15(14)11-13)19(23)22-10-4-6-18(22)17-5-3-9-21(17)2/h7-8,11-12,17-18,20H,3-6,9-10H2,1-2H3/t17-,18+/m1/s1. The Balaban J connectivity index is 1.61. The molecular formula is C19H25N3O. The highest BCUT2D eigenvalue weighted by Crippen LogP contribution is 2.30. The molecule has 0 saturated carbocycles. The summed E-state index contributed by atoms with van der Waals surface area (Å²) in [5.41, 5.74) is 3.00. The summed E-state index contributed by atoms with van der Waals surface area (Å²) in [4.78, 5) is 20.9. The molecule has 2 fully saturated rings. The van der Waals surface area contributed by atoms with Gasteiger partial charge in [-0.1, -0.05) is 12.1 Å². The van der Waals surface area contributed by atoms with Crippen molar-refractivity contribution in [1.29, 1.82) is 0 Å². The lowest BCUT2D eigenvalue weighted by atomic mass is 10.0. The van der Waals surface area contributed by atoms with Crippen molar-refractivity contribution in [2.24, 2.45) is 0 Å². The van der Waals surface area contributed by atoms with E-state index in [2.05, 4.69) is 47.0 Å². The van der Waals surface area contributed by atoms with Gasteiger partial charge in [0.1, 0.15) is 5.69 Å². The molecule has 3 heterocycles. The smallest absolute Gasteiger partial charge is 0.270 e. The monoisotopic (exact) mass is 311 g/mol. The van der Waals surface area contributed by atoms with Crippen LogP contribution in [0.3, 0.4) is 0 Å². The van der Waals surface area contributed by atoms with E-state index in [-0.39, 0.29) is 5.91 Å². The highest BCUT2D eigenvalue weighted by atomic mass is 16.2. The number of aryl methyl sites for hydroxylation is 1. The Kier molecular flexibility index (Phi) is 3.64. The molecule has 2 atom stereocenters. The fourth-order valence-corrected chi connectivity index (χ4v) is 4.38. The first-order valence-corrected chi connectivity index (χ1v) is 8.74. The lowest BCUT2D eigenvalue weighted by molar-refractivity contribution is 0.0659. The predicted octanol–water partition coefficient (Wildman–Crippen LogP) is 3.18. The van der Waals surface area contributed by atoms with Crippen LogP contribution in [0.5, 0.6) is 0 Å². The second-order valence-corrected chi connectivity index (χ2v) is 7.17. The van der Waals surface area contributed by atoms with E-state index >= 15 is 0 Å². The normalized spacial score (nSPS) is 25.6. The van der Waals surface area contributed by atoms with Crippen LogP contribution in [0.1, 0.15) is 41.7 Å². The maximum atomic E-state index is 13.1. The second kappa shape index (κ2) is 5.68. The molecule has 23 heavy (non-hydrogen) atoms. The number of H-pyrrole nitrogens is 1. The molecule has 2 saturated heterocycles. The van der Waals surface area contributed by atoms with Crippen molar-refractivity contribution in [3.8, 4) is 0 Å². The largest absolute Gasteiger partial charge is 0.351 e. The Hall–Kier alpha value is -1.81. The molecule has 122 valence electrons. The van der Waals surface area contributed by atoms with Crippen LogP contribution in [0.25, 0.3) is 10.9 Å². The zero-order chi connectivity index (χ0) is 16.0. The zero-order valence-corrected chi connectivity index (χ0v) is 14.0. The van der Waals surface area contributed by atoms with Crippen LogP contribution in [0, 0.1) is 6.92 Å². The number of carbonyl (C=O) groups excluding carboxylic acids is 1. The number of likely N-dealkylation sites (N-methyl/N-ethyl adjacent to an activating group) is 1. The van der Waals surface area contributed by atoms with Crippen molar-refractivity contribution >= 4 is 16.8 Å². The summed E-state index contributed by atoms with van der Waals surface area (Å²) >= 11 is 0. The molecule has 1 aromatic carbocycles. The number of hydrogen-bond acceptors (Lipinski definition) is 2. The molecule has 0 bridgehead atoms. The van der Waals surface area contributed by atoms with E-state index in [1.54, 1.807) is 0 Å². The molecule has 1 aromatic heterocycles. The van der Waals surface area contributed by atoms with E-state index in [9.17, 15) is 4.79 Å². The minimum atomic E-state index is 0.168. The van der Waals surface area contributed by atoms with Crippen molar-refractivity contribution in [2.45, 2.75) is 44.7 Å². The summed E-state index contributed by atoms with van der Waals surface area (Å²) in [6.45, 7) is 4.13. The van der Waals surface area contributed by atoms with Gasteiger partial charge in [0.05, 0.1) is 0 Å². The average molecular weight is 311 g/mol. The SMILES string of the molecule is Cc1ccc2cc(C(=O)N3CCC[C@H]3[C@H]3CCCN3C)[nH]c2c1. The molecule has 2 aromatic rings. The van der Waals surface area contributed by atoms with Crippen LogP contribution in [0.2, 0.25) is 0 Å². The maximum absolute atomic E-state index is 13.1. The number of nitrogens with one attached hydrogen (secondary N) is 1. The first kappa shape index (κ1) is 14.8. The Morgan fingerprint density at radius 1 is 1.13 bits per heavy atom. The van der Waals surface area contributed by atoms with Gasteiger partial charge in [-0.25, -0.2) is 0 Å². The fourth-order valence-electron chi connectivity index (χ4n) is 4.38. The van der Waals surface area contributed by atoms with E-state index in [1.807, 2.05) is 6.07 Å². The molecule has 4 heteroatoms. The van der Waals surface area contributed by atoms with Crippen LogP contribution in [-0.2, 0) is 0 Å². The molecule has 4 rings (SSSR count). The number of aromatic amines is 1. The molecular weight excluding hydrogens is 286 g/mol. The molecule has 0 spiro atoms. The van der Waals surface area contributed by atoms with Crippen LogP contribution in [0.15, 0.2) is 24.3 Å². The molecule has 2 aliphatic rings. The number of likely N-dealkylation sites (tertiary alicyclic amines) is 2. The minimum Gasteiger partial charge on any atom is -0.351 e. The number of benzene rings is 1. The number of amides is 1.